The van der Waals surface area contributed by atoms with Gasteiger partial charge in [0.05, 0.1) is 6.67 Å². The highest BCUT2D eigenvalue weighted by Gasteiger charge is 2.10. The summed E-state index contributed by atoms with van der Waals surface area (Å²) in [6, 6.07) is 8.61. The third-order valence-electron chi connectivity index (χ3n) is 2.50. The van der Waals surface area contributed by atoms with E-state index in [-0.39, 0.29) is 0 Å². The van der Waals surface area contributed by atoms with Crippen LogP contribution in [-0.2, 0) is 6.54 Å². The van der Waals surface area contributed by atoms with E-state index < -0.39 is 0 Å². The Morgan fingerprint density at radius 3 is 2.87 bits per heavy atom. The lowest BCUT2D eigenvalue weighted by Gasteiger charge is -2.18. The molecule has 0 atom stereocenters. The SMILES string of the molecule is CNCc1cccc(N2C=CN(C)C2)c1. The number of hydrogen-bond acceptors (Lipinski definition) is 3. The molecule has 1 heterocycles. The molecule has 0 spiro atoms. The quantitative estimate of drug-likeness (QED) is 0.804. The third-order valence-corrected chi connectivity index (χ3v) is 2.50. The Bertz CT molecular complexity index is 360. The zero-order valence-corrected chi connectivity index (χ0v) is 9.27. The molecule has 1 aromatic carbocycles. The molecule has 0 amide bonds. The predicted octanol–water partition coefficient (Wildman–Crippen LogP) is 1.59. The van der Waals surface area contributed by atoms with Crippen LogP contribution in [0.3, 0.4) is 0 Å². The molecule has 0 saturated carbocycles. The van der Waals surface area contributed by atoms with Gasteiger partial charge in [0, 0.05) is 31.7 Å². The van der Waals surface area contributed by atoms with Crippen LogP contribution in [0.25, 0.3) is 0 Å². The molecule has 0 saturated heterocycles. The van der Waals surface area contributed by atoms with Crippen LogP contribution in [0.4, 0.5) is 5.69 Å². The smallest absolute Gasteiger partial charge is 0.0938 e. The highest BCUT2D eigenvalue weighted by Crippen LogP contribution is 2.19. The van der Waals surface area contributed by atoms with Crippen LogP contribution in [-0.4, -0.2) is 25.7 Å². The second-order valence-corrected chi connectivity index (χ2v) is 3.87. The van der Waals surface area contributed by atoms with Crippen molar-refractivity contribution < 1.29 is 0 Å². The Morgan fingerprint density at radius 1 is 1.33 bits per heavy atom. The van der Waals surface area contributed by atoms with Crippen molar-refractivity contribution in [1.29, 1.82) is 0 Å². The van der Waals surface area contributed by atoms with Gasteiger partial charge in [0.1, 0.15) is 0 Å². The van der Waals surface area contributed by atoms with Crippen molar-refractivity contribution in [2.75, 3.05) is 25.7 Å². The maximum atomic E-state index is 3.16. The van der Waals surface area contributed by atoms with Crippen LogP contribution in [0.15, 0.2) is 36.7 Å². The fraction of sp³-hybridized carbons (Fsp3) is 0.333. The zero-order valence-electron chi connectivity index (χ0n) is 9.27. The minimum absolute atomic E-state index is 0.918. The maximum absolute atomic E-state index is 3.16. The van der Waals surface area contributed by atoms with E-state index in [1.165, 1.54) is 11.3 Å². The summed E-state index contributed by atoms with van der Waals surface area (Å²) in [6.07, 6.45) is 4.20. The third kappa shape index (κ3) is 2.30. The van der Waals surface area contributed by atoms with E-state index in [0.29, 0.717) is 0 Å². The minimum atomic E-state index is 0.918. The summed E-state index contributed by atoms with van der Waals surface area (Å²) in [5, 5.41) is 3.16. The van der Waals surface area contributed by atoms with Crippen molar-refractivity contribution in [3.05, 3.63) is 42.2 Å². The Morgan fingerprint density at radius 2 is 2.20 bits per heavy atom. The van der Waals surface area contributed by atoms with Gasteiger partial charge in [-0.2, -0.15) is 0 Å². The molecule has 0 unspecified atom stereocenters. The van der Waals surface area contributed by atoms with Gasteiger partial charge in [-0.05, 0) is 24.7 Å². The second kappa shape index (κ2) is 4.36. The van der Waals surface area contributed by atoms with Crippen molar-refractivity contribution in [2.24, 2.45) is 0 Å². The molecule has 80 valence electrons. The molecule has 3 nitrogen and oxygen atoms in total. The van der Waals surface area contributed by atoms with Crippen molar-refractivity contribution in [1.82, 2.24) is 10.2 Å². The summed E-state index contributed by atoms with van der Waals surface area (Å²) in [4.78, 5) is 4.39. The van der Waals surface area contributed by atoms with Gasteiger partial charge in [-0.15, -0.1) is 0 Å². The first-order valence-electron chi connectivity index (χ1n) is 5.18. The molecular formula is C12H17N3. The lowest BCUT2D eigenvalue weighted by Crippen LogP contribution is -2.21. The van der Waals surface area contributed by atoms with Crippen molar-refractivity contribution in [3.63, 3.8) is 0 Å². The number of rotatable bonds is 3. The van der Waals surface area contributed by atoms with Crippen LogP contribution < -0.4 is 10.2 Å². The van der Waals surface area contributed by atoms with Gasteiger partial charge in [0.25, 0.3) is 0 Å². The van der Waals surface area contributed by atoms with Crippen molar-refractivity contribution >= 4 is 5.69 Å². The molecule has 0 aliphatic carbocycles. The highest BCUT2D eigenvalue weighted by atomic mass is 15.3. The van der Waals surface area contributed by atoms with Gasteiger partial charge in [0.15, 0.2) is 0 Å². The Labute approximate surface area is 91.0 Å². The van der Waals surface area contributed by atoms with Gasteiger partial charge in [0.2, 0.25) is 0 Å². The van der Waals surface area contributed by atoms with Crippen LogP contribution in [0.1, 0.15) is 5.56 Å². The lowest BCUT2D eigenvalue weighted by atomic mass is 10.2. The Kier molecular flexibility index (Phi) is 2.92. The number of benzene rings is 1. The van der Waals surface area contributed by atoms with E-state index in [1.807, 2.05) is 7.05 Å². The summed E-state index contributed by atoms with van der Waals surface area (Å²) in [5.41, 5.74) is 2.57. The monoisotopic (exact) mass is 203 g/mol. The first kappa shape index (κ1) is 10.1. The van der Waals surface area contributed by atoms with Crippen molar-refractivity contribution in [2.45, 2.75) is 6.54 Å². The van der Waals surface area contributed by atoms with Gasteiger partial charge >= 0.3 is 0 Å². The van der Waals surface area contributed by atoms with E-state index in [4.69, 9.17) is 0 Å². The van der Waals surface area contributed by atoms with Crippen molar-refractivity contribution in [3.8, 4) is 0 Å². The van der Waals surface area contributed by atoms with Gasteiger partial charge in [-0.3, -0.25) is 0 Å². The van der Waals surface area contributed by atoms with Gasteiger partial charge in [-0.25, -0.2) is 0 Å². The summed E-state index contributed by atoms with van der Waals surface area (Å²) < 4.78 is 0. The van der Waals surface area contributed by atoms with Gasteiger partial charge < -0.3 is 15.1 Å². The van der Waals surface area contributed by atoms with Gasteiger partial charge in [-0.1, -0.05) is 12.1 Å². The second-order valence-electron chi connectivity index (χ2n) is 3.87. The molecule has 0 aromatic heterocycles. The first-order chi connectivity index (χ1) is 7.29. The Balaban J connectivity index is 2.14. The molecule has 1 N–H and O–H groups in total. The molecule has 0 bridgehead atoms. The predicted molar refractivity (Wildman–Crippen MR) is 63.5 cm³/mol. The van der Waals surface area contributed by atoms with E-state index in [1.54, 1.807) is 0 Å². The van der Waals surface area contributed by atoms with Crippen LogP contribution >= 0.6 is 0 Å². The minimum Gasteiger partial charge on any atom is -0.361 e. The molecular weight excluding hydrogens is 186 g/mol. The summed E-state index contributed by atoms with van der Waals surface area (Å²) in [5.74, 6) is 0. The summed E-state index contributed by atoms with van der Waals surface area (Å²) in [7, 11) is 4.05. The Hall–Kier alpha value is -1.48. The van der Waals surface area contributed by atoms with Crippen LogP contribution in [0.5, 0.6) is 0 Å². The molecule has 15 heavy (non-hydrogen) atoms. The molecule has 0 fully saturated rings. The maximum Gasteiger partial charge on any atom is 0.0938 e. The number of nitrogens with zero attached hydrogens (tertiary/aromatic N) is 2. The topological polar surface area (TPSA) is 18.5 Å². The number of anilines is 1. The highest BCUT2D eigenvalue weighted by molar-refractivity contribution is 5.52. The fourth-order valence-electron chi connectivity index (χ4n) is 1.75. The number of hydrogen-bond donors (Lipinski definition) is 1. The van der Waals surface area contributed by atoms with Crippen LogP contribution in [0, 0.1) is 0 Å². The molecule has 0 radical (unpaired) electrons. The summed E-state index contributed by atoms with van der Waals surface area (Å²) in [6.45, 7) is 1.85. The standard InChI is InChI=1S/C12H17N3/c1-13-9-11-4-3-5-12(8-11)15-7-6-14(2)10-15/h3-8,13H,9-10H2,1-2H3. The molecule has 1 aromatic rings. The average molecular weight is 203 g/mol. The zero-order chi connectivity index (χ0) is 10.7. The molecule has 2 rings (SSSR count). The normalized spacial score (nSPS) is 15.1. The first-order valence-corrected chi connectivity index (χ1v) is 5.18. The molecule has 1 aliphatic heterocycles. The average Bonchev–Trinajstić information content (AvgIpc) is 2.66. The fourth-order valence-corrected chi connectivity index (χ4v) is 1.75. The number of nitrogens with one attached hydrogen (secondary N) is 1. The van der Waals surface area contributed by atoms with E-state index >= 15 is 0 Å². The van der Waals surface area contributed by atoms with Crippen LogP contribution in [0.2, 0.25) is 0 Å². The summed E-state index contributed by atoms with van der Waals surface area (Å²) >= 11 is 0. The van der Waals surface area contributed by atoms with E-state index in [0.717, 1.165) is 13.2 Å². The molecule has 3 heteroatoms. The van der Waals surface area contributed by atoms with E-state index in [2.05, 4.69) is 58.8 Å². The largest absolute Gasteiger partial charge is 0.361 e. The lowest BCUT2D eigenvalue weighted by molar-refractivity contribution is 0.495. The van der Waals surface area contributed by atoms with E-state index in [9.17, 15) is 0 Å². The molecule has 1 aliphatic rings.